The Hall–Kier alpha value is -2.04. The van der Waals surface area contributed by atoms with Gasteiger partial charge in [0.25, 0.3) is 0 Å². The quantitative estimate of drug-likeness (QED) is 0.780. The number of carboxylic acid groups (broad SMARTS) is 1. The van der Waals surface area contributed by atoms with Gasteiger partial charge in [-0.05, 0) is 25.3 Å². The zero-order chi connectivity index (χ0) is 15.3. The maximum absolute atomic E-state index is 12.0. The summed E-state index contributed by atoms with van der Waals surface area (Å²) in [6, 6.07) is 7.64. The number of carboxylic acids is 1. The highest BCUT2D eigenvalue weighted by atomic mass is 16.4. The van der Waals surface area contributed by atoms with Crippen LogP contribution in [0.3, 0.4) is 0 Å². The second kappa shape index (κ2) is 6.61. The number of benzene rings is 1. The molecule has 1 saturated carbocycles. The molecule has 1 aliphatic rings. The van der Waals surface area contributed by atoms with E-state index in [1.54, 1.807) is 0 Å². The van der Waals surface area contributed by atoms with Crippen molar-refractivity contribution in [3.05, 3.63) is 35.4 Å². The first kappa shape index (κ1) is 15.4. The first-order chi connectivity index (χ1) is 9.99. The summed E-state index contributed by atoms with van der Waals surface area (Å²) in [4.78, 5) is 23.0. The number of carbonyl (C=O) groups excluding carboxylic acids is 1. The van der Waals surface area contributed by atoms with Gasteiger partial charge < -0.3 is 15.7 Å². The van der Waals surface area contributed by atoms with E-state index in [0.29, 0.717) is 6.54 Å². The molecule has 1 aromatic rings. The molecule has 5 heteroatoms. The largest absolute Gasteiger partial charge is 0.481 e. The van der Waals surface area contributed by atoms with Crippen molar-refractivity contribution < 1.29 is 14.7 Å². The van der Waals surface area contributed by atoms with Crippen molar-refractivity contribution in [1.29, 1.82) is 0 Å². The van der Waals surface area contributed by atoms with E-state index >= 15 is 0 Å². The molecule has 114 valence electrons. The third kappa shape index (κ3) is 4.48. The molecular formula is C16H22N2O3. The van der Waals surface area contributed by atoms with Crippen LogP contribution in [0.5, 0.6) is 0 Å². The molecular weight excluding hydrogens is 268 g/mol. The van der Waals surface area contributed by atoms with Crippen molar-refractivity contribution >= 4 is 12.0 Å². The number of carbonyl (C=O) groups is 2. The molecule has 1 fully saturated rings. The van der Waals surface area contributed by atoms with Crippen LogP contribution in [0.25, 0.3) is 0 Å². The van der Waals surface area contributed by atoms with Gasteiger partial charge in [0.05, 0.1) is 12.0 Å². The number of hydrogen-bond donors (Lipinski definition) is 3. The molecule has 2 amide bonds. The van der Waals surface area contributed by atoms with E-state index < -0.39 is 11.5 Å². The molecule has 5 nitrogen and oxygen atoms in total. The normalized spacial score (nSPS) is 16.4. The molecule has 0 saturated heterocycles. The maximum Gasteiger partial charge on any atom is 0.315 e. The van der Waals surface area contributed by atoms with E-state index in [0.717, 1.165) is 31.2 Å². The van der Waals surface area contributed by atoms with Crippen LogP contribution < -0.4 is 10.6 Å². The third-order valence-electron chi connectivity index (χ3n) is 4.00. The fraction of sp³-hybridized carbons (Fsp3) is 0.500. The van der Waals surface area contributed by atoms with Gasteiger partial charge in [-0.1, -0.05) is 42.7 Å². The third-order valence-corrected chi connectivity index (χ3v) is 4.00. The lowest BCUT2D eigenvalue weighted by Gasteiger charge is -2.28. The molecule has 21 heavy (non-hydrogen) atoms. The van der Waals surface area contributed by atoms with Crippen molar-refractivity contribution in [2.24, 2.45) is 0 Å². The molecule has 0 unspecified atom stereocenters. The average Bonchev–Trinajstić information content (AvgIpc) is 2.85. The fourth-order valence-electron chi connectivity index (χ4n) is 2.86. The van der Waals surface area contributed by atoms with Crippen molar-refractivity contribution in [2.75, 3.05) is 0 Å². The molecule has 0 radical (unpaired) electrons. The molecule has 3 N–H and O–H groups in total. The number of rotatable bonds is 5. The number of urea groups is 1. The van der Waals surface area contributed by atoms with Crippen LogP contribution in [-0.4, -0.2) is 22.6 Å². The Morgan fingerprint density at radius 1 is 1.19 bits per heavy atom. The predicted molar refractivity (Wildman–Crippen MR) is 80.0 cm³/mol. The number of aryl methyl sites for hydroxylation is 1. The highest BCUT2D eigenvalue weighted by Crippen LogP contribution is 2.32. The molecule has 0 bridgehead atoms. The van der Waals surface area contributed by atoms with E-state index in [1.807, 2.05) is 31.2 Å². The zero-order valence-electron chi connectivity index (χ0n) is 12.3. The number of amides is 2. The summed E-state index contributed by atoms with van der Waals surface area (Å²) in [6.07, 6.45) is 3.39. The van der Waals surface area contributed by atoms with Crippen molar-refractivity contribution in [2.45, 2.75) is 51.1 Å². The summed E-state index contributed by atoms with van der Waals surface area (Å²) in [5, 5.41) is 14.7. The minimum Gasteiger partial charge on any atom is -0.481 e. The maximum atomic E-state index is 12.0. The molecule has 0 heterocycles. The van der Waals surface area contributed by atoms with Gasteiger partial charge in [0.1, 0.15) is 0 Å². The summed E-state index contributed by atoms with van der Waals surface area (Å²) in [6.45, 7) is 2.45. The Labute approximate surface area is 124 Å². The van der Waals surface area contributed by atoms with Crippen LogP contribution >= 0.6 is 0 Å². The highest BCUT2D eigenvalue weighted by Gasteiger charge is 2.37. The van der Waals surface area contributed by atoms with Crippen LogP contribution in [0.4, 0.5) is 4.79 Å². The summed E-state index contributed by atoms with van der Waals surface area (Å²) in [5.41, 5.74) is 1.62. The molecule has 0 atom stereocenters. The first-order valence-electron chi connectivity index (χ1n) is 7.32. The van der Waals surface area contributed by atoms with E-state index in [1.165, 1.54) is 5.56 Å². The van der Waals surface area contributed by atoms with E-state index in [-0.39, 0.29) is 12.5 Å². The van der Waals surface area contributed by atoms with Gasteiger partial charge in [-0.15, -0.1) is 0 Å². The summed E-state index contributed by atoms with van der Waals surface area (Å²) in [7, 11) is 0. The monoisotopic (exact) mass is 290 g/mol. The zero-order valence-corrected chi connectivity index (χ0v) is 12.3. The van der Waals surface area contributed by atoms with Gasteiger partial charge in [-0.3, -0.25) is 4.79 Å². The van der Waals surface area contributed by atoms with Crippen LogP contribution in [0, 0.1) is 6.92 Å². The standard InChI is InChI=1S/C16H22N2O3/c1-12-4-6-13(7-5-12)11-17-15(21)18-16(10-14(19)20)8-2-3-9-16/h4-7H,2-3,8-11H2,1H3,(H,19,20)(H2,17,18,21). The Morgan fingerprint density at radius 2 is 1.81 bits per heavy atom. The van der Waals surface area contributed by atoms with Crippen LogP contribution in [0.2, 0.25) is 0 Å². The van der Waals surface area contributed by atoms with Gasteiger partial charge in [0, 0.05) is 6.54 Å². The number of nitrogens with one attached hydrogen (secondary N) is 2. The van der Waals surface area contributed by atoms with Crippen LogP contribution in [0.15, 0.2) is 24.3 Å². The Balaban J connectivity index is 1.87. The van der Waals surface area contributed by atoms with Gasteiger partial charge in [-0.2, -0.15) is 0 Å². The van der Waals surface area contributed by atoms with Crippen molar-refractivity contribution in [1.82, 2.24) is 10.6 Å². The van der Waals surface area contributed by atoms with E-state index in [4.69, 9.17) is 5.11 Å². The van der Waals surface area contributed by atoms with Crippen molar-refractivity contribution in [3.8, 4) is 0 Å². The molecule has 0 aliphatic heterocycles. The fourth-order valence-corrected chi connectivity index (χ4v) is 2.86. The molecule has 0 spiro atoms. The summed E-state index contributed by atoms with van der Waals surface area (Å²) in [5.74, 6) is -0.865. The van der Waals surface area contributed by atoms with E-state index in [9.17, 15) is 9.59 Å². The molecule has 1 aliphatic carbocycles. The Bertz CT molecular complexity index is 505. The predicted octanol–water partition coefficient (Wildman–Crippen LogP) is 2.58. The Morgan fingerprint density at radius 3 is 2.38 bits per heavy atom. The lowest BCUT2D eigenvalue weighted by Crippen LogP contribution is -2.51. The first-order valence-corrected chi connectivity index (χ1v) is 7.32. The molecule has 0 aromatic heterocycles. The number of aliphatic carboxylic acids is 1. The van der Waals surface area contributed by atoms with E-state index in [2.05, 4.69) is 10.6 Å². The highest BCUT2D eigenvalue weighted by molar-refractivity contribution is 5.76. The smallest absolute Gasteiger partial charge is 0.315 e. The Kier molecular flexibility index (Phi) is 4.83. The van der Waals surface area contributed by atoms with Crippen LogP contribution in [-0.2, 0) is 11.3 Å². The topological polar surface area (TPSA) is 78.4 Å². The van der Waals surface area contributed by atoms with Crippen molar-refractivity contribution in [3.63, 3.8) is 0 Å². The molecule has 1 aromatic carbocycles. The minimum atomic E-state index is -0.865. The van der Waals surface area contributed by atoms with Gasteiger partial charge in [0.2, 0.25) is 0 Å². The van der Waals surface area contributed by atoms with Gasteiger partial charge >= 0.3 is 12.0 Å². The number of hydrogen-bond acceptors (Lipinski definition) is 2. The lowest BCUT2D eigenvalue weighted by molar-refractivity contribution is -0.138. The SMILES string of the molecule is Cc1ccc(CNC(=O)NC2(CC(=O)O)CCCC2)cc1. The average molecular weight is 290 g/mol. The summed E-state index contributed by atoms with van der Waals surface area (Å²) < 4.78 is 0. The summed E-state index contributed by atoms with van der Waals surface area (Å²) >= 11 is 0. The minimum absolute atomic E-state index is 0.00898. The molecule has 2 rings (SSSR count). The second-order valence-corrected chi connectivity index (χ2v) is 5.85. The van der Waals surface area contributed by atoms with Gasteiger partial charge in [0.15, 0.2) is 0 Å². The second-order valence-electron chi connectivity index (χ2n) is 5.85. The lowest BCUT2D eigenvalue weighted by atomic mass is 9.93. The van der Waals surface area contributed by atoms with Gasteiger partial charge in [-0.25, -0.2) is 4.79 Å². The van der Waals surface area contributed by atoms with Crippen LogP contribution in [0.1, 0.15) is 43.2 Å².